The average Bonchev–Trinajstić information content (AvgIpc) is 3.43. The molecule has 0 radical (unpaired) electrons. The van der Waals surface area contributed by atoms with E-state index < -0.39 is 10.0 Å². The predicted octanol–water partition coefficient (Wildman–Crippen LogP) is 3.74. The first kappa shape index (κ1) is 20.4. The van der Waals surface area contributed by atoms with Gasteiger partial charge in [-0.15, -0.1) is 0 Å². The Bertz CT molecular complexity index is 1150. The molecule has 0 bridgehead atoms. The Labute approximate surface area is 176 Å². The fourth-order valence-corrected chi connectivity index (χ4v) is 4.84. The maximum absolute atomic E-state index is 12.7. The minimum atomic E-state index is -3.77. The van der Waals surface area contributed by atoms with Crippen molar-refractivity contribution in [3.8, 4) is 11.4 Å². The first-order valence-electron chi connectivity index (χ1n) is 10.0. The van der Waals surface area contributed by atoms with E-state index in [1.165, 1.54) is 31.9 Å². The largest absolute Gasteiger partial charge is 0.295 e. The van der Waals surface area contributed by atoms with Gasteiger partial charge in [0.15, 0.2) is 5.78 Å². The van der Waals surface area contributed by atoms with Crippen molar-refractivity contribution in [3.05, 3.63) is 66.0 Å². The van der Waals surface area contributed by atoms with E-state index in [1.54, 1.807) is 18.3 Å². The first-order chi connectivity index (χ1) is 14.4. The topological polar surface area (TPSA) is 94.0 Å². The van der Waals surface area contributed by atoms with Crippen molar-refractivity contribution in [3.63, 3.8) is 0 Å². The maximum atomic E-state index is 12.7. The molecule has 0 atom stereocenters. The van der Waals surface area contributed by atoms with Gasteiger partial charge in [-0.05, 0) is 50.1 Å². The number of hydrogen-bond acceptors (Lipinski definition) is 5. The van der Waals surface area contributed by atoms with Gasteiger partial charge < -0.3 is 0 Å². The van der Waals surface area contributed by atoms with E-state index >= 15 is 0 Å². The van der Waals surface area contributed by atoms with E-state index in [0.717, 1.165) is 24.2 Å². The molecule has 1 fully saturated rings. The van der Waals surface area contributed by atoms with E-state index in [-0.39, 0.29) is 17.2 Å². The normalized spacial score (nSPS) is 14.8. The number of hydrogen-bond donors (Lipinski definition) is 1. The van der Waals surface area contributed by atoms with Gasteiger partial charge in [0.1, 0.15) is 0 Å². The highest BCUT2D eigenvalue weighted by Crippen LogP contribution is 2.33. The highest BCUT2D eigenvalue weighted by molar-refractivity contribution is 7.89. The Balaban J connectivity index is 1.59. The van der Waals surface area contributed by atoms with E-state index in [9.17, 15) is 13.2 Å². The van der Waals surface area contributed by atoms with Crippen molar-refractivity contribution in [2.24, 2.45) is 0 Å². The standard InChI is InChI=1S/C22H24N4O3S/c1-16(27)17-7-6-10-20(13-17)30(28,29)24-15-18-14-22(21-11-4-5-12-23-21)26(25-18)19-8-2-3-9-19/h4-7,10-14,19,24H,2-3,8-9,15H2,1H3. The SMILES string of the molecule is CC(=O)c1cccc(S(=O)(=O)NCc2cc(-c3ccccn3)n(C3CCCC3)n2)c1. The van der Waals surface area contributed by atoms with Crippen LogP contribution < -0.4 is 4.72 Å². The second-order valence-corrected chi connectivity index (χ2v) is 9.29. The molecular weight excluding hydrogens is 400 g/mol. The number of nitrogens with zero attached hydrogens (tertiary/aromatic N) is 3. The summed E-state index contributed by atoms with van der Waals surface area (Å²) in [7, 11) is -3.77. The lowest BCUT2D eigenvalue weighted by Gasteiger charge is -2.13. The number of aromatic nitrogens is 3. The molecule has 7 nitrogen and oxygen atoms in total. The van der Waals surface area contributed by atoms with Gasteiger partial charge in [-0.25, -0.2) is 13.1 Å². The van der Waals surface area contributed by atoms with Gasteiger partial charge in [-0.1, -0.05) is 31.0 Å². The first-order valence-corrected chi connectivity index (χ1v) is 11.5. The maximum Gasteiger partial charge on any atom is 0.240 e. The minimum absolute atomic E-state index is 0.0617. The quantitative estimate of drug-likeness (QED) is 0.583. The van der Waals surface area contributed by atoms with Gasteiger partial charge in [0.2, 0.25) is 10.0 Å². The lowest BCUT2D eigenvalue weighted by Crippen LogP contribution is -2.24. The molecule has 0 amide bonds. The smallest absolute Gasteiger partial charge is 0.240 e. The molecule has 1 aliphatic carbocycles. The Hall–Kier alpha value is -2.84. The summed E-state index contributed by atoms with van der Waals surface area (Å²) in [5, 5.41) is 4.71. The lowest BCUT2D eigenvalue weighted by atomic mass is 10.2. The zero-order valence-electron chi connectivity index (χ0n) is 16.8. The molecule has 1 aromatic carbocycles. The number of carbonyl (C=O) groups is 1. The summed E-state index contributed by atoms with van der Waals surface area (Å²) >= 11 is 0. The van der Waals surface area contributed by atoms with Crippen LogP contribution in [0.5, 0.6) is 0 Å². The molecule has 2 heterocycles. The molecule has 1 aliphatic rings. The Kier molecular flexibility index (Phi) is 5.78. The van der Waals surface area contributed by atoms with Gasteiger partial charge in [0, 0.05) is 11.8 Å². The predicted molar refractivity (Wildman–Crippen MR) is 113 cm³/mol. The van der Waals surface area contributed by atoms with Gasteiger partial charge in [-0.2, -0.15) is 5.10 Å². The summed E-state index contributed by atoms with van der Waals surface area (Å²) in [6.07, 6.45) is 6.20. The molecule has 1 saturated carbocycles. The second-order valence-electron chi connectivity index (χ2n) is 7.53. The fraction of sp³-hybridized carbons (Fsp3) is 0.318. The third-order valence-electron chi connectivity index (χ3n) is 5.38. The van der Waals surface area contributed by atoms with E-state index in [0.29, 0.717) is 17.3 Å². The molecular formula is C22H24N4O3S. The molecule has 8 heteroatoms. The fourth-order valence-electron chi connectivity index (χ4n) is 3.80. The number of ketones is 1. The zero-order valence-corrected chi connectivity index (χ0v) is 17.6. The van der Waals surface area contributed by atoms with Crippen molar-refractivity contribution in [2.75, 3.05) is 0 Å². The molecule has 156 valence electrons. The molecule has 0 spiro atoms. The number of nitrogens with one attached hydrogen (secondary N) is 1. The van der Waals surface area contributed by atoms with E-state index in [1.807, 2.05) is 28.9 Å². The number of carbonyl (C=O) groups excluding carboxylic acids is 1. The number of rotatable bonds is 7. The van der Waals surface area contributed by atoms with Crippen molar-refractivity contribution in [2.45, 2.75) is 50.1 Å². The second kappa shape index (κ2) is 8.49. The van der Waals surface area contributed by atoms with Gasteiger partial charge in [-0.3, -0.25) is 14.5 Å². The Morgan fingerprint density at radius 1 is 1.13 bits per heavy atom. The van der Waals surface area contributed by atoms with Crippen LogP contribution in [0.4, 0.5) is 0 Å². The summed E-state index contributed by atoms with van der Waals surface area (Å²) in [6, 6.07) is 14.0. The summed E-state index contributed by atoms with van der Waals surface area (Å²) in [5.41, 5.74) is 2.71. The number of benzene rings is 1. The Morgan fingerprint density at radius 2 is 1.93 bits per heavy atom. The third kappa shape index (κ3) is 4.34. The van der Waals surface area contributed by atoms with Crippen molar-refractivity contribution < 1.29 is 13.2 Å². The van der Waals surface area contributed by atoms with Crippen LogP contribution in [0.15, 0.2) is 59.6 Å². The molecule has 3 aromatic rings. The van der Waals surface area contributed by atoms with Crippen LogP contribution in [-0.4, -0.2) is 29.0 Å². The van der Waals surface area contributed by atoms with Crippen LogP contribution in [-0.2, 0) is 16.6 Å². The summed E-state index contributed by atoms with van der Waals surface area (Å²) < 4.78 is 30.1. The van der Waals surface area contributed by atoms with Crippen LogP contribution in [0.2, 0.25) is 0 Å². The lowest BCUT2D eigenvalue weighted by molar-refractivity contribution is 0.101. The molecule has 0 saturated heterocycles. The molecule has 0 unspecified atom stereocenters. The van der Waals surface area contributed by atoms with Crippen LogP contribution in [0.25, 0.3) is 11.4 Å². The number of sulfonamides is 1. The van der Waals surface area contributed by atoms with E-state index in [4.69, 9.17) is 5.10 Å². The molecule has 1 N–H and O–H groups in total. The van der Waals surface area contributed by atoms with Crippen LogP contribution in [0, 0.1) is 0 Å². The highest BCUT2D eigenvalue weighted by atomic mass is 32.2. The molecule has 2 aromatic heterocycles. The highest BCUT2D eigenvalue weighted by Gasteiger charge is 2.23. The van der Waals surface area contributed by atoms with Gasteiger partial charge >= 0.3 is 0 Å². The van der Waals surface area contributed by atoms with Crippen molar-refractivity contribution in [1.82, 2.24) is 19.5 Å². The summed E-state index contributed by atoms with van der Waals surface area (Å²) in [4.78, 5) is 16.1. The summed E-state index contributed by atoms with van der Waals surface area (Å²) in [5.74, 6) is -0.178. The van der Waals surface area contributed by atoms with Crippen molar-refractivity contribution >= 4 is 15.8 Å². The van der Waals surface area contributed by atoms with Gasteiger partial charge in [0.05, 0.1) is 34.6 Å². The van der Waals surface area contributed by atoms with Gasteiger partial charge in [0.25, 0.3) is 0 Å². The molecule has 0 aliphatic heterocycles. The number of Topliss-reactive ketones (excluding diaryl/α,β-unsaturated/α-hetero) is 1. The Morgan fingerprint density at radius 3 is 2.63 bits per heavy atom. The number of pyridine rings is 1. The average molecular weight is 425 g/mol. The van der Waals surface area contributed by atoms with E-state index in [2.05, 4.69) is 9.71 Å². The van der Waals surface area contributed by atoms with Crippen molar-refractivity contribution in [1.29, 1.82) is 0 Å². The summed E-state index contributed by atoms with van der Waals surface area (Å²) in [6.45, 7) is 1.47. The molecule has 30 heavy (non-hydrogen) atoms. The zero-order chi connectivity index (χ0) is 21.1. The minimum Gasteiger partial charge on any atom is -0.295 e. The monoisotopic (exact) mass is 424 g/mol. The van der Waals surface area contributed by atoms with Crippen LogP contribution in [0.1, 0.15) is 54.7 Å². The third-order valence-corrected chi connectivity index (χ3v) is 6.78. The molecule has 4 rings (SSSR count). The van der Waals surface area contributed by atoms with Crippen LogP contribution in [0.3, 0.4) is 0 Å². The van der Waals surface area contributed by atoms with Crippen LogP contribution >= 0.6 is 0 Å².